The molecule has 3 nitrogen and oxygen atoms in total. The quantitative estimate of drug-likeness (QED) is 0.870. The van der Waals surface area contributed by atoms with E-state index in [4.69, 9.17) is 5.73 Å². The van der Waals surface area contributed by atoms with Gasteiger partial charge in [0.15, 0.2) is 0 Å². The number of carbonyl (C=O) groups is 1. The zero-order chi connectivity index (χ0) is 13.7. The van der Waals surface area contributed by atoms with Gasteiger partial charge >= 0.3 is 0 Å². The summed E-state index contributed by atoms with van der Waals surface area (Å²) in [6.07, 6.45) is 6.50. The Bertz CT molecular complexity index is 396. The summed E-state index contributed by atoms with van der Waals surface area (Å²) in [5.74, 6) is 0.144. The lowest BCUT2D eigenvalue weighted by molar-refractivity contribution is -0.124. The molecule has 4 heteroatoms. The van der Waals surface area contributed by atoms with Crippen LogP contribution in [0.25, 0.3) is 0 Å². The van der Waals surface area contributed by atoms with E-state index in [1.807, 2.05) is 12.3 Å². The van der Waals surface area contributed by atoms with Gasteiger partial charge in [-0.05, 0) is 54.1 Å². The Morgan fingerprint density at radius 3 is 2.79 bits per heavy atom. The predicted octanol–water partition coefficient (Wildman–Crippen LogP) is 3.22. The maximum Gasteiger partial charge on any atom is 0.221 e. The lowest BCUT2D eigenvalue weighted by Crippen LogP contribution is -2.39. The van der Waals surface area contributed by atoms with Gasteiger partial charge in [-0.15, -0.1) is 0 Å². The van der Waals surface area contributed by atoms with Gasteiger partial charge in [-0.1, -0.05) is 19.3 Å². The van der Waals surface area contributed by atoms with Crippen molar-refractivity contribution < 1.29 is 4.79 Å². The van der Waals surface area contributed by atoms with Gasteiger partial charge in [0.05, 0.1) is 6.04 Å². The third-order valence-corrected chi connectivity index (χ3v) is 5.00. The number of hydrogen-bond acceptors (Lipinski definition) is 3. The monoisotopic (exact) mass is 280 g/mol. The second-order valence-corrected chi connectivity index (χ2v) is 6.57. The summed E-state index contributed by atoms with van der Waals surface area (Å²) in [6.45, 7) is 2.67. The molecular weight excluding hydrogens is 256 g/mol. The second-order valence-electron chi connectivity index (χ2n) is 5.79. The summed E-state index contributed by atoms with van der Waals surface area (Å²) in [4.78, 5) is 12.2. The van der Waals surface area contributed by atoms with Crippen molar-refractivity contribution in [2.75, 3.05) is 6.54 Å². The van der Waals surface area contributed by atoms with Crippen molar-refractivity contribution >= 4 is 17.2 Å². The first-order valence-corrected chi connectivity index (χ1v) is 8.11. The lowest BCUT2D eigenvalue weighted by atomic mass is 9.71. The van der Waals surface area contributed by atoms with Crippen LogP contribution in [-0.2, 0) is 4.79 Å². The van der Waals surface area contributed by atoms with E-state index in [-0.39, 0.29) is 17.4 Å². The second kappa shape index (κ2) is 6.53. The molecule has 0 saturated heterocycles. The molecule has 1 aliphatic rings. The standard InChI is InChI=1S/C15H24N2OS/c1-12(13-5-8-19-10-13)17-14(18)9-15(11-16)6-3-2-4-7-15/h5,8,10,12H,2-4,6-7,9,11,16H2,1H3,(H,17,18). The molecule has 0 aliphatic heterocycles. The number of amides is 1. The first-order chi connectivity index (χ1) is 9.15. The van der Waals surface area contributed by atoms with E-state index < -0.39 is 0 Å². The molecule has 1 atom stereocenters. The van der Waals surface area contributed by atoms with Crippen LogP contribution in [0.5, 0.6) is 0 Å². The molecule has 0 bridgehead atoms. The molecule has 1 fully saturated rings. The zero-order valence-electron chi connectivity index (χ0n) is 11.7. The molecular formula is C15H24N2OS. The number of thiophene rings is 1. The molecule has 1 aliphatic carbocycles. The van der Waals surface area contributed by atoms with Crippen molar-refractivity contribution in [3.8, 4) is 0 Å². The Balaban J connectivity index is 1.89. The van der Waals surface area contributed by atoms with E-state index in [9.17, 15) is 4.79 Å². The average Bonchev–Trinajstić information content (AvgIpc) is 2.93. The molecule has 0 radical (unpaired) electrons. The van der Waals surface area contributed by atoms with Crippen LogP contribution in [0, 0.1) is 5.41 Å². The smallest absolute Gasteiger partial charge is 0.221 e. The Hall–Kier alpha value is -0.870. The topological polar surface area (TPSA) is 55.1 Å². The summed E-state index contributed by atoms with van der Waals surface area (Å²) in [5.41, 5.74) is 7.17. The van der Waals surface area contributed by atoms with E-state index >= 15 is 0 Å². The van der Waals surface area contributed by atoms with Crippen LogP contribution >= 0.6 is 11.3 Å². The summed E-state index contributed by atoms with van der Waals surface area (Å²) >= 11 is 1.66. The van der Waals surface area contributed by atoms with Gasteiger partial charge in [0.1, 0.15) is 0 Å². The molecule has 106 valence electrons. The summed E-state index contributed by atoms with van der Waals surface area (Å²) < 4.78 is 0. The molecule has 1 saturated carbocycles. The average molecular weight is 280 g/mol. The van der Waals surface area contributed by atoms with Crippen molar-refractivity contribution in [2.24, 2.45) is 11.1 Å². The predicted molar refractivity (Wildman–Crippen MR) is 80.1 cm³/mol. The van der Waals surface area contributed by atoms with Crippen molar-refractivity contribution in [3.05, 3.63) is 22.4 Å². The molecule has 19 heavy (non-hydrogen) atoms. The van der Waals surface area contributed by atoms with Gasteiger partial charge in [0.25, 0.3) is 0 Å². The minimum absolute atomic E-state index is 0.0523. The Labute approximate surface area is 119 Å². The molecule has 1 aromatic rings. The van der Waals surface area contributed by atoms with E-state index in [1.54, 1.807) is 11.3 Å². The maximum absolute atomic E-state index is 12.2. The van der Waals surface area contributed by atoms with Gasteiger partial charge < -0.3 is 11.1 Å². The van der Waals surface area contributed by atoms with Gasteiger partial charge in [0.2, 0.25) is 5.91 Å². The Morgan fingerprint density at radius 2 is 2.21 bits per heavy atom. The Kier molecular flexibility index (Phi) is 4.99. The van der Waals surface area contributed by atoms with Crippen molar-refractivity contribution in [1.29, 1.82) is 0 Å². The van der Waals surface area contributed by atoms with Gasteiger partial charge in [-0.3, -0.25) is 4.79 Å². The van der Waals surface area contributed by atoms with Crippen LogP contribution in [0.1, 0.15) is 57.1 Å². The highest BCUT2D eigenvalue weighted by atomic mass is 32.1. The fourth-order valence-electron chi connectivity index (χ4n) is 2.99. The summed E-state index contributed by atoms with van der Waals surface area (Å²) in [6, 6.07) is 2.16. The van der Waals surface area contributed by atoms with Crippen LogP contribution in [0.2, 0.25) is 0 Å². The fourth-order valence-corrected chi connectivity index (χ4v) is 3.75. The molecule has 0 aromatic carbocycles. The molecule has 1 unspecified atom stereocenters. The van der Waals surface area contributed by atoms with Crippen LogP contribution in [0.4, 0.5) is 0 Å². The SMILES string of the molecule is CC(NC(=O)CC1(CN)CCCCC1)c1ccsc1. The van der Waals surface area contributed by atoms with E-state index in [2.05, 4.69) is 16.8 Å². The van der Waals surface area contributed by atoms with Crippen molar-refractivity contribution in [2.45, 2.75) is 51.5 Å². The van der Waals surface area contributed by atoms with E-state index in [1.165, 1.54) is 24.8 Å². The molecule has 3 N–H and O–H groups in total. The van der Waals surface area contributed by atoms with Gasteiger partial charge in [-0.25, -0.2) is 0 Å². The molecule has 1 aromatic heterocycles. The first-order valence-electron chi connectivity index (χ1n) is 7.17. The molecule has 1 heterocycles. The number of carbonyl (C=O) groups excluding carboxylic acids is 1. The largest absolute Gasteiger partial charge is 0.350 e. The molecule has 1 amide bonds. The summed E-state index contributed by atoms with van der Waals surface area (Å²) in [5, 5.41) is 7.23. The van der Waals surface area contributed by atoms with Crippen molar-refractivity contribution in [3.63, 3.8) is 0 Å². The highest BCUT2D eigenvalue weighted by Crippen LogP contribution is 2.38. The normalized spacial score (nSPS) is 19.9. The third kappa shape index (κ3) is 3.80. The maximum atomic E-state index is 12.2. The lowest BCUT2D eigenvalue weighted by Gasteiger charge is -2.36. The van der Waals surface area contributed by atoms with Gasteiger partial charge in [-0.2, -0.15) is 11.3 Å². The van der Waals surface area contributed by atoms with Gasteiger partial charge in [0, 0.05) is 6.42 Å². The van der Waals surface area contributed by atoms with Crippen LogP contribution in [-0.4, -0.2) is 12.5 Å². The minimum Gasteiger partial charge on any atom is -0.350 e. The first kappa shape index (κ1) is 14.5. The molecule has 0 spiro atoms. The minimum atomic E-state index is 0.0523. The highest BCUT2D eigenvalue weighted by Gasteiger charge is 2.33. The zero-order valence-corrected chi connectivity index (χ0v) is 12.5. The summed E-state index contributed by atoms with van der Waals surface area (Å²) in [7, 11) is 0. The number of hydrogen-bond donors (Lipinski definition) is 2. The van der Waals surface area contributed by atoms with Crippen molar-refractivity contribution in [1.82, 2.24) is 5.32 Å². The third-order valence-electron chi connectivity index (χ3n) is 4.30. The van der Waals surface area contributed by atoms with E-state index in [0.717, 1.165) is 12.8 Å². The highest BCUT2D eigenvalue weighted by molar-refractivity contribution is 7.07. The number of rotatable bonds is 5. The van der Waals surface area contributed by atoms with Crippen LogP contribution in [0.3, 0.4) is 0 Å². The van der Waals surface area contributed by atoms with Crippen LogP contribution < -0.4 is 11.1 Å². The fraction of sp³-hybridized carbons (Fsp3) is 0.667. The van der Waals surface area contributed by atoms with E-state index in [0.29, 0.717) is 13.0 Å². The number of nitrogens with two attached hydrogens (primary N) is 1. The Morgan fingerprint density at radius 1 is 1.47 bits per heavy atom. The number of nitrogens with one attached hydrogen (secondary N) is 1. The van der Waals surface area contributed by atoms with Crippen LogP contribution in [0.15, 0.2) is 16.8 Å². The molecule has 2 rings (SSSR count).